The minimum Gasteiger partial charge on any atom is -0.493 e. The maximum absolute atomic E-state index is 11.1. The van der Waals surface area contributed by atoms with Gasteiger partial charge in [-0.15, -0.1) is 0 Å². The summed E-state index contributed by atoms with van der Waals surface area (Å²) in [5.74, 6) is 1.13. The molecule has 1 rings (SSSR count). The van der Waals surface area contributed by atoms with Crippen molar-refractivity contribution in [2.45, 2.75) is 52.9 Å². The Labute approximate surface area is 122 Å². The fraction of sp³-hybridized carbons (Fsp3) is 0.500. The first-order chi connectivity index (χ1) is 9.63. The first kappa shape index (κ1) is 16.5. The number of carbonyl (C=O) groups excluding carboxylic acids is 1. The number of Topliss-reactive ketones (excluding diaryl/α,β-unsaturated/α-hetero) is 1. The zero-order valence-corrected chi connectivity index (χ0v) is 12.9. The number of allylic oxidation sites excluding steroid dienone is 1. The summed E-state index contributed by atoms with van der Waals surface area (Å²) in [6.45, 7) is 6.69. The van der Waals surface area contributed by atoms with Crippen molar-refractivity contribution in [1.29, 1.82) is 0 Å². The van der Waals surface area contributed by atoms with Crippen LogP contribution in [0.1, 0.15) is 52.0 Å². The topological polar surface area (TPSA) is 26.3 Å². The zero-order chi connectivity index (χ0) is 14.8. The summed E-state index contributed by atoms with van der Waals surface area (Å²) in [6.07, 6.45) is 6.88. The summed E-state index contributed by atoms with van der Waals surface area (Å²) in [5.41, 5.74) is 2.55. The van der Waals surface area contributed by atoms with Crippen LogP contribution in [0.5, 0.6) is 5.75 Å². The molecule has 1 aromatic rings. The molecule has 0 heterocycles. The maximum Gasteiger partial charge on any atom is 0.130 e. The number of hydrogen-bond donors (Lipinski definition) is 0. The van der Waals surface area contributed by atoms with Gasteiger partial charge in [-0.3, -0.25) is 0 Å². The highest BCUT2D eigenvalue weighted by Crippen LogP contribution is 2.20. The van der Waals surface area contributed by atoms with E-state index in [2.05, 4.69) is 19.9 Å². The SMILES string of the molecule is CCCC(C)=CCCOc1ccccc1CCC(C)=O. The minimum atomic E-state index is 0.220. The van der Waals surface area contributed by atoms with Crippen LogP contribution in [0.4, 0.5) is 0 Å². The summed E-state index contributed by atoms with van der Waals surface area (Å²) < 4.78 is 5.84. The zero-order valence-electron chi connectivity index (χ0n) is 12.9. The fourth-order valence-electron chi connectivity index (χ4n) is 2.13. The summed E-state index contributed by atoms with van der Waals surface area (Å²) in [6, 6.07) is 7.99. The van der Waals surface area contributed by atoms with Crippen LogP contribution in [-0.4, -0.2) is 12.4 Å². The average Bonchev–Trinajstić information content (AvgIpc) is 2.42. The lowest BCUT2D eigenvalue weighted by Gasteiger charge is -2.10. The number of aryl methyl sites for hydroxylation is 1. The standard InChI is InChI=1S/C18H26O2/c1-4-8-15(2)9-7-14-20-18-11-6-5-10-17(18)13-12-16(3)19/h5-6,9-11H,4,7-8,12-14H2,1-3H3. The van der Waals surface area contributed by atoms with E-state index in [1.54, 1.807) is 6.92 Å². The third kappa shape index (κ3) is 6.55. The third-order valence-electron chi connectivity index (χ3n) is 3.23. The van der Waals surface area contributed by atoms with E-state index >= 15 is 0 Å². The van der Waals surface area contributed by atoms with Crippen molar-refractivity contribution in [3.63, 3.8) is 0 Å². The molecule has 0 spiro atoms. The molecule has 0 fully saturated rings. The van der Waals surface area contributed by atoms with Crippen LogP contribution in [-0.2, 0) is 11.2 Å². The minimum absolute atomic E-state index is 0.220. The van der Waals surface area contributed by atoms with Crippen LogP contribution >= 0.6 is 0 Å². The number of benzene rings is 1. The quantitative estimate of drug-likeness (QED) is 0.481. The molecule has 1 aromatic carbocycles. The van der Waals surface area contributed by atoms with Crippen molar-refractivity contribution in [1.82, 2.24) is 0 Å². The first-order valence-electron chi connectivity index (χ1n) is 7.49. The molecular weight excluding hydrogens is 248 g/mol. The molecule has 0 saturated carbocycles. The fourth-order valence-corrected chi connectivity index (χ4v) is 2.13. The molecule has 0 N–H and O–H groups in total. The van der Waals surface area contributed by atoms with Crippen LogP contribution in [0, 0.1) is 0 Å². The van der Waals surface area contributed by atoms with Gasteiger partial charge in [0.2, 0.25) is 0 Å². The van der Waals surface area contributed by atoms with E-state index in [1.807, 2.05) is 24.3 Å². The van der Waals surface area contributed by atoms with Crippen LogP contribution in [0.15, 0.2) is 35.9 Å². The van der Waals surface area contributed by atoms with E-state index in [0.29, 0.717) is 13.0 Å². The molecule has 2 nitrogen and oxygen atoms in total. The van der Waals surface area contributed by atoms with Gasteiger partial charge in [0.25, 0.3) is 0 Å². The molecule has 0 radical (unpaired) electrons. The number of hydrogen-bond acceptors (Lipinski definition) is 2. The molecule has 0 unspecified atom stereocenters. The summed E-state index contributed by atoms with van der Waals surface area (Å²) in [5, 5.41) is 0. The highest BCUT2D eigenvalue weighted by Gasteiger charge is 2.04. The van der Waals surface area contributed by atoms with Crippen molar-refractivity contribution in [3.8, 4) is 5.75 Å². The van der Waals surface area contributed by atoms with Gasteiger partial charge in [0.1, 0.15) is 11.5 Å². The Morgan fingerprint density at radius 2 is 1.95 bits per heavy atom. The lowest BCUT2D eigenvalue weighted by Crippen LogP contribution is -2.01. The molecule has 0 aromatic heterocycles. The van der Waals surface area contributed by atoms with Crippen molar-refractivity contribution in [2.75, 3.05) is 6.61 Å². The number of ketones is 1. The van der Waals surface area contributed by atoms with E-state index in [0.717, 1.165) is 30.6 Å². The van der Waals surface area contributed by atoms with Crippen molar-refractivity contribution >= 4 is 5.78 Å². The number of para-hydroxylation sites is 1. The summed E-state index contributed by atoms with van der Waals surface area (Å²) in [4.78, 5) is 11.1. The van der Waals surface area contributed by atoms with Gasteiger partial charge in [-0.25, -0.2) is 0 Å². The summed E-state index contributed by atoms with van der Waals surface area (Å²) in [7, 11) is 0. The molecular formula is C18H26O2. The Morgan fingerprint density at radius 1 is 1.20 bits per heavy atom. The van der Waals surface area contributed by atoms with Crippen molar-refractivity contribution in [2.24, 2.45) is 0 Å². The van der Waals surface area contributed by atoms with Gasteiger partial charge >= 0.3 is 0 Å². The van der Waals surface area contributed by atoms with Gasteiger partial charge in [0, 0.05) is 6.42 Å². The Hall–Kier alpha value is -1.57. The second kappa shape index (κ2) is 9.35. The molecule has 2 heteroatoms. The molecule has 110 valence electrons. The predicted octanol–water partition coefficient (Wildman–Crippen LogP) is 4.72. The van der Waals surface area contributed by atoms with E-state index in [-0.39, 0.29) is 5.78 Å². The molecule has 0 atom stereocenters. The van der Waals surface area contributed by atoms with E-state index in [9.17, 15) is 4.79 Å². The molecule has 0 aliphatic rings. The van der Waals surface area contributed by atoms with Crippen LogP contribution in [0.2, 0.25) is 0 Å². The number of ether oxygens (including phenoxy) is 1. The molecule has 0 saturated heterocycles. The average molecular weight is 274 g/mol. The predicted molar refractivity (Wildman–Crippen MR) is 84.2 cm³/mol. The van der Waals surface area contributed by atoms with Crippen molar-refractivity contribution < 1.29 is 9.53 Å². The molecule has 20 heavy (non-hydrogen) atoms. The summed E-state index contributed by atoms with van der Waals surface area (Å²) >= 11 is 0. The Morgan fingerprint density at radius 3 is 2.65 bits per heavy atom. The van der Waals surface area contributed by atoms with Gasteiger partial charge in [0.05, 0.1) is 6.61 Å². The van der Waals surface area contributed by atoms with E-state index in [4.69, 9.17) is 4.74 Å². The Kier molecular flexibility index (Phi) is 7.71. The van der Waals surface area contributed by atoms with E-state index in [1.165, 1.54) is 12.0 Å². The van der Waals surface area contributed by atoms with Gasteiger partial charge < -0.3 is 9.53 Å². The number of rotatable bonds is 9. The highest BCUT2D eigenvalue weighted by atomic mass is 16.5. The largest absolute Gasteiger partial charge is 0.493 e. The smallest absolute Gasteiger partial charge is 0.130 e. The lowest BCUT2D eigenvalue weighted by atomic mass is 10.1. The molecule has 0 amide bonds. The van der Waals surface area contributed by atoms with Gasteiger partial charge in [-0.1, -0.05) is 43.2 Å². The maximum atomic E-state index is 11.1. The van der Waals surface area contributed by atoms with E-state index < -0.39 is 0 Å². The van der Waals surface area contributed by atoms with Gasteiger partial charge in [-0.2, -0.15) is 0 Å². The normalized spacial score (nSPS) is 11.4. The highest BCUT2D eigenvalue weighted by molar-refractivity contribution is 5.75. The molecule has 0 bridgehead atoms. The van der Waals surface area contributed by atoms with Crippen LogP contribution < -0.4 is 4.74 Å². The molecule has 0 aliphatic heterocycles. The lowest BCUT2D eigenvalue weighted by molar-refractivity contribution is -0.116. The first-order valence-corrected chi connectivity index (χ1v) is 7.49. The third-order valence-corrected chi connectivity index (χ3v) is 3.23. The Bertz CT molecular complexity index is 446. The van der Waals surface area contributed by atoms with Gasteiger partial charge in [0.15, 0.2) is 0 Å². The van der Waals surface area contributed by atoms with Crippen LogP contribution in [0.25, 0.3) is 0 Å². The monoisotopic (exact) mass is 274 g/mol. The van der Waals surface area contributed by atoms with Crippen LogP contribution in [0.3, 0.4) is 0 Å². The Balaban J connectivity index is 2.47. The van der Waals surface area contributed by atoms with Gasteiger partial charge in [-0.05, 0) is 44.7 Å². The van der Waals surface area contributed by atoms with Crippen molar-refractivity contribution in [3.05, 3.63) is 41.5 Å². The number of carbonyl (C=O) groups is 1. The molecule has 0 aliphatic carbocycles. The second-order valence-corrected chi connectivity index (χ2v) is 5.25. The second-order valence-electron chi connectivity index (χ2n) is 5.25.